The number of benzene rings is 1. The molecule has 2 rings (SSSR count). The summed E-state index contributed by atoms with van der Waals surface area (Å²) < 4.78 is 10.2. The van der Waals surface area contributed by atoms with E-state index in [2.05, 4.69) is 30.0 Å². The first-order valence-electron chi connectivity index (χ1n) is 6.54. The predicted molar refractivity (Wildman–Crippen MR) is 88.6 cm³/mol. The van der Waals surface area contributed by atoms with Crippen molar-refractivity contribution in [3.05, 3.63) is 35.1 Å². The van der Waals surface area contributed by atoms with E-state index in [1.165, 1.54) is 32.8 Å². The van der Waals surface area contributed by atoms with Crippen molar-refractivity contribution in [2.45, 2.75) is 0 Å². The minimum atomic E-state index is -0.632. The molecule has 9 nitrogen and oxygen atoms in total. The van der Waals surface area contributed by atoms with Gasteiger partial charge in [0.05, 0.1) is 24.0 Å². The third-order valence-electron chi connectivity index (χ3n) is 2.74. The Kier molecular flexibility index (Phi) is 5.74. The van der Waals surface area contributed by atoms with E-state index in [4.69, 9.17) is 22.1 Å². The zero-order chi connectivity index (χ0) is 17.5. The van der Waals surface area contributed by atoms with Crippen LogP contribution in [0.5, 0.6) is 11.6 Å². The highest BCUT2D eigenvalue weighted by Gasteiger charge is 2.12. The number of nitrogen functional groups attached to an aromatic ring is 1. The molecule has 1 aromatic heterocycles. The molecule has 0 radical (unpaired) electrons. The number of aromatic nitrogens is 2. The maximum atomic E-state index is 11.2. The van der Waals surface area contributed by atoms with E-state index in [0.717, 1.165) is 0 Å². The Balaban J connectivity index is 2.26. The van der Waals surface area contributed by atoms with Gasteiger partial charge < -0.3 is 20.0 Å². The van der Waals surface area contributed by atoms with Gasteiger partial charge in [-0.3, -0.25) is 5.32 Å². The normalized spacial score (nSPS) is 10.5. The van der Waals surface area contributed by atoms with E-state index >= 15 is 0 Å². The second kappa shape index (κ2) is 7.97. The lowest BCUT2D eigenvalue weighted by molar-refractivity contribution is 0.187. The van der Waals surface area contributed by atoms with Crippen LogP contribution in [0.15, 0.2) is 29.7 Å². The largest absolute Gasteiger partial charge is 0.453 e. The van der Waals surface area contributed by atoms with Gasteiger partial charge in [-0.1, -0.05) is 16.8 Å². The van der Waals surface area contributed by atoms with Crippen molar-refractivity contribution in [1.82, 2.24) is 9.97 Å². The highest BCUT2D eigenvalue weighted by Crippen LogP contribution is 2.30. The summed E-state index contributed by atoms with van der Waals surface area (Å²) in [5.41, 5.74) is 6.50. The molecule has 0 saturated carbocycles. The van der Waals surface area contributed by atoms with Crippen LogP contribution >= 0.6 is 11.6 Å². The molecule has 2 aromatic rings. The van der Waals surface area contributed by atoms with Crippen LogP contribution in [0.4, 0.5) is 16.3 Å². The topological polar surface area (TPSA) is 121 Å². The summed E-state index contributed by atoms with van der Waals surface area (Å²) in [5.74, 6) is 0.726. The summed E-state index contributed by atoms with van der Waals surface area (Å²) >= 11 is 6.10. The molecule has 24 heavy (non-hydrogen) atoms. The van der Waals surface area contributed by atoms with E-state index in [0.29, 0.717) is 17.0 Å². The van der Waals surface area contributed by atoms with Crippen molar-refractivity contribution >= 4 is 35.4 Å². The molecule has 0 unspecified atom stereocenters. The maximum absolute atomic E-state index is 11.2. The highest BCUT2D eigenvalue weighted by molar-refractivity contribution is 6.33. The number of hydrogen-bond donors (Lipinski definition) is 2. The van der Waals surface area contributed by atoms with Crippen molar-refractivity contribution in [2.75, 3.05) is 25.3 Å². The third-order valence-corrected chi connectivity index (χ3v) is 3.06. The van der Waals surface area contributed by atoms with Crippen molar-refractivity contribution < 1.29 is 19.1 Å². The lowest BCUT2D eigenvalue weighted by atomic mass is 10.3. The van der Waals surface area contributed by atoms with Crippen LogP contribution in [0.25, 0.3) is 0 Å². The Morgan fingerprint density at radius 2 is 2.17 bits per heavy atom. The van der Waals surface area contributed by atoms with E-state index < -0.39 is 6.09 Å². The zero-order valence-electron chi connectivity index (χ0n) is 12.8. The van der Waals surface area contributed by atoms with E-state index in [1.807, 2.05) is 0 Å². The average Bonchev–Trinajstić information content (AvgIpc) is 2.56. The first kappa shape index (κ1) is 17.3. The number of methoxy groups -OCH3 is 1. The van der Waals surface area contributed by atoms with Gasteiger partial charge in [0.1, 0.15) is 30.6 Å². The number of rotatable bonds is 5. The van der Waals surface area contributed by atoms with E-state index in [1.54, 1.807) is 12.1 Å². The van der Waals surface area contributed by atoms with Gasteiger partial charge in [-0.05, 0) is 12.1 Å². The number of amides is 1. The number of carbonyl (C=O) groups is 1. The lowest BCUT2D eigenvalue weighted by Crippen LogP contribution is -2.11. The maximum Gasteiger partial charge on any atom is 0.411 e. The number of nitrogens with zero attached hydrogens (tertiary/aromatic N) is 3. The van der Waals surface area contributed by atoms with Crippen LogP contribution in [0.2, 0.25) is 5.02 Å². The summed E-state index contributed by atoms with van der Waals surface area (Å²) in [7, 11) is 2.65. The standard InChI is InChI=1S/C14H14ClN5O4/c1-22-14(21)20-11-4-3-8(5-10(11)15)24-13-9(6-19-23-2)12(16)17-7-18-13/h3-7H,1-2H3,(H,20,21)(H2,16,17,18). The van der Waals surface area contributed by atoms with Crippen LogP contribution in [0.1, 0.15) is 5.56 Å². The summed E-state index contributed by atoms with van der Waals surface area (Å²) in [5, 5.41) is 6.35. The molecule has 0 aliphatic carbocycles. The Labute approximate surface area is 142 Å². The number of anilines is 2. The molecule has 0 aliphatic heterocycles. The van der Waals surface area contributed by atoms with Gasteiger partial charge in [0.15, 0.2) is 0 Å². The highest BCUT2D eigenvalue weighted by atomic mass is 35.5. The summed E-state index contributed by atoms with van der Waals surface area (Å²) in [4.78, 5) is 23.7. The number of ether oxygens (including phenoxy) is 2. The molecular formula is C14H14ClN5O4. The van der Waals surface area contributed by atoms with Gasteiger partial charge in [0.2, 0.25) is 5.88 Å². The quantitative estimate of drug-likeness (QED) is 0.627. The Hall–Kier alpha value is -3.07. The minimum absolute atomic E-state index is 0.174. The number of halogens is 1. The van der Waals surface area contributed by atoms with Crippen LogP contribution in [-0.4, -0.2) is 36.5 Å². The van der Waals surface area contributed by atoms with Crippen molar-refractivity contribution in [3.63, 3.8) is 0 Å². The fourth-order valence-electron chi connectivity index (χ4n) is 1.63. The Bertz CT molecular complexity index is 769. The molecule has 3 N–H and O–H groups in total. The number of oxime groups is 1. The van der Waals surface area contributed by atoms with Crippen molar-refractivity contribution in [3.8, 4) is 11.6 Å². The monoisotopic (exact) mass is 351 g/mol. The van der Waals surface area contributed by atoms with E-state index in [-0.39, 0.29) is 16.7 Å². The zero-order valence-corrected chi connectivity index (χ0v) is 13.6. The van der Waals surface area contributed by atoms with Crippen molar-refractivity contribution in [2.24, 2.45) is 5.16 Å². The molecule has 0 spiro atoms. The first-order valence-corrected chi connectivity index (χ1v) is 6.92. The van der Waals surface area contributed by atoms with Gasteiger partial charge in [-0.15, -0.1) is 0 Å². The average molecular weight is 352 g/mol. The SMILES string of the molecule is CON=Cc1c(N)ncnc1Oc1ccc(NC(=O)OC)c(Cl)c1. The smallest absolute Gasteiger partial charge is 0.411 e. The van der Waals surface area contributed by atoms with Crippen LogP contribution in [-0.2, 0) is 9.57 Å². The van der Waals surface area contributed by atoms with Crippen LogP contribution < -0.4 is 15.8 Å². The lowest BCUT2D eigenvalue weighted by Gasteiger charge is -2.10. The van der Waals surface area contributed by atoms with Gasteiger partial charge in [-0.25, -0.2) is 14.8 Å². The van der Waals surface area contributed by atoms with Crippen LogP contribution in [0, 0.1) is 0 Å². The Morgan fingerprint density at radius 3 is 2.83 bits per heavy atom. The number of hydrogen-bond acceptors (Lipinski definition) is 8. The van der Waals surface area contributed by atoms with E-state index in [9.17, 15) is 4.79 Å². The van der Waals surface area contributed by atoms with Crippen molar-refractivity contribution in [1.29, 1.82) is 0 Å². The fraction of sp³-hybridized carbons (Fsp3) is 0.143. The molecule has 1 aromatic carbocycles. The van der Waals surface area contributed by atoms with Gasteiger partial charge in [0, 0.05) is 6.07 Å². The van der Waals surface area contributed by atoms with Gasteiger partial charge in [0.25, 0.3) is 0 Å². The van der Waals surface area contributed by atoms with Crippen LogP contribution in [0.3, 0.4) is 0 Å². The molecular weight excluding hydrogens is 338 g/mol. The fourth-order valence-corrected chi connectivity index (χ4v) is 1.85. The Morgan fingerprint density at radius 1 is 1.38 bits per heavy atom. The first-order chi connectivity index (χ1) is 11.5. The number of carbonyl (C=O) groups excluding carboxylic acids is 1. The number of nitrogens with two attached hydrogens (primary N) is 1. The van der Waals surface area contributed by atoms with Gasteiger partial charge >= 0.3 is 6.09 Å². The molecule has 0 bridgehead atoms. The molecule has 0 fully saturated rings. The third kappa shape index (κ3) is 4.23. The summed E-state index contributed by atoms with van der Waals surface area (Å²) in [6, 6.07) is 4.65. The predicted octanol–water partition coefficient (Wildman–Crippen LogP) is 2.66. The molecule has 1 amide bonds. The summed E-state index contributed by atoms with van der Waals surface area (Å²) in [6.45, 7) is 0. The molecule has 10 heteroatoms. The second-order valence-corrected chi connectivity index (χ2v) is 4.66. The van der Waals surface area contributed by atoms with Gasteiger partial charge in [-0.2, -0.15) is 0 Å². The number of nitrogens with one attached hydrogen (secondary N) is 1. The minimum Gasteiger partial charge on any atom is -0.453 e. The molecule has 126 valence electrons. The molecule has 0 atom stereocenters. The molecule has 0 aliphatic rings. The molecule has 0 saturated heterocycles. The summed E-state index contributed by atoms with van der Waals surface area (Å²) in [6.07, 6.45) is 1.95. The molecule has 1 heterocycles. The second-order valence-electron chi connectivity index (χ2n) is 4.26.